The number of aromatic nitrogens is 2. The van der Waals surface area contributed by atoms with Crippen LogP contribution in [0.15, 0.2) is 22.4 Å². The Balaban J connectivity index is 1.45. The van der Waals surface area contributed by atoms with Gasteiger partial charge >= 0.3 is 0 Å². The van der Waals surface area contributed by atoms with Crippen molar-refractivity contribution in [1.29, 1.82) is 0 Å². The van der Waals surface area contributed by atoms with Gasteiger partial charge in [0.25, 0.3) is 5.56 Å². The van der Waals surface area contributed by atoms with E-state index in [1.54, 1.807) is 6.20 Å². The number of hydrogen-bond donors (Lipinski definition) is 1. The minimum absolute atomic E-state index is 0.0375. The lowest BCUT2D eigenvalue weighted by Crippen LogP contribution is -2.39. The molecule has 23 heavy (non-hydrogen) atoms. The first-order valence-corrected chi connectivity index (χ1v) is 8.62. The van der Waals surface area contributed by atoms with Gasteiger partial charge in [0.1, 0.15) is 11.2 Å². The molecule has 8 heteroatoms. The highest BCUT2D eigenvalue weighted by atomic mass is 32.1. The van der Waals surface area contributed by atoms with Crippen LogP contribution in [0.5, 0.6) is 0 Å². The van der Waals surface area contributed by atoms with E-state index in [2.05, 4.69) is 15.3 Å². The lowest BCUT2D eigenvalue weighted by Gasteiger charge is -2.26. The number of fused-ring (bicyclic) bond motifs is 1. The summed E-state index contributed by atoms with van der Waals surface area (Å²) in [5, 5.41) is 9.57. The minimum atomic E-state index is -0.207. The average molecular weight is 336 g/mol. The predicted octanol–water partition coefficient (Wildman–Crippen LogP) is 0.296. The van der Waals surface area contributed by atoms with Crippen LogP contribution in [0.25, 0.3) is 10.1 Å². The SMILES string of the molecule is O=C(Cn1ncc2ccsc2c1=O)NCCCN1CCOCC1. The monoisotopic (exact) mass is 336 g/mol. The fourth-order valence-electron chi connectivity index (χ4n) is 2.56. The van der Waals surface area contributed by atoms with Crippen LogP contribution < -0.4 is 10.9 Å². The standard InChI is InChI=1S/C15H20N4O3S/c20-13(16-3-1-4-18-5-7-22-8-6-18)11-19-15(21)14-12(10-17-19)2-9-23-14/h2,9-10H,1,3-8,11H2,(H,16,20). The molecule has 0 aromatic carbocycles. The number of nitrogens with one attached hydrogen (secondary N) is 1. The molecule has 2 aromatic heterocycles. The Morgan fingerprint density at radius 1 is 1.39 bits per heavy atom. The zero-order valence-electron chi connectivity index (χ0n) is 12.9. The molecule has 3 rings (SSSR count). The number of thiophene rings is 1. The Hall–Kier alpha value is -1.77. The van der Waals surface area contributed by atoms with E-state index in [4.69, 9.17) is 4.74 Å². The van der Waals surface area contributed by atoms with Crippen molar-refractivity contribution in [2.24, 2.45) is 0 Å². The molecule has 0 spiro atoms. The third kappa shape index (κ3) is 4.15. The van der Waals surface area contributed by atoms with E-state index >= 15 is 0 Å². The second-order valence-electron chi connectivity index (χ2n) is 5.47. The number of morpholine rings is 1. The van der Waals surface area contributed by atoms with Gasteiger partial charge in [0.05, 0.1) is 19.4 Å². The van der Waals surface area contributed by atoms with Crippen LogP contribution in [0, 0.1) is 0 Å². The van der Waals surface area contributed by atoms with E-state index in [1.807, 2.05) is 11.4 Å². The Bertz CT molecular complexity index is 721. The molecule has 1 saturated heterocycles. The molecule has 1 fully saturated rings. The fraction of sp³-hybridized carbons (Fsp3) is 0.533. The summed E-state index contributed by atoms with van der Waals surface area (Å²) >= 11 is 1.37. The molecule has 0 saturated carbocycles. The second-order valence-corrected chi connectivity index (χ2v) is 6.39. The summed E-state index contributed by atoms with van der Waals surface area (Å²) in [6.07, 6.45) is 2.51. The highest BCUT2D eigenvalue weighted by molar-refractivity contribution is 7.17. The third-order valence-electron chi connectivity index (χ3n) is 3.83. The van der Waals surface area contributed by atoms with Crippen molar-refractivity contribution in [3.63, 3.8) is 0 Å². The Kier molecular flexibility index (Phi) is 5.37. The van der Waals surface area contributed by atoms with E-state index in [0.29, 0.717) is 11.2 Å². The lowest BCUT2D eigenvalue weighted by molar-refractivity contribution is -0.121. The largest absolute Gasteiger partial charge is 0.379 e. The van der Waals surface area contributed by atoms with Crippen molar-refractivity contribution in [2.75, 3.05) is 39.4 Å². The van der Waals surface area contributed by atoms with Crippen LogP contribution >= 0.6 is 11.3 Å². The van der Waals surface area contributed by atoms with E-state index in [1.165, 1.54) is 16.0 Å². The molecule has 0 radical (unpaired) electrons. The Morgan fingerprint density at radius 3 is 3.04 bits per heavy atom. The number of nitrogens with zero attached hydrogens (tertiary/aromatic N) is 3. The molecule has 0 atom stereocenters. The molecule has 1 aliphatic heterocycles. The number of ether oxygens (including phenoxy) is 1. The first kappa shape index (κ1) is 16.1. The smallest absolute Gasteiger partial charge is 0.285 e. The molecule has 124 valence electrons. The summed E-state index contributed by atoms with van der Waals surface area (Å²) in [5.41, 5.74) is -0.207. The topological polar surface area (TPSA) is 76.5 Å². The maximum Gasteiger partial charge on any atom is 0.285 e. The van der Waals surface area contributed by atoms with Crippen molar-refractivity contribution in [3.8, 4) is 0 Å². The molecule has 3 heterocycles. The average Bonchev–Trinajstić information content (AvgIpc) is 3.05. The van der Waals surface area contributed by atoms with Crippen LogP contribution in [-0.2, 0) is 16.1 Å². The zero-order chi connectivity index (χ0) is 16.1. The van der Waals surface area contributed by atoms with Crippen LogP contribution in [0.3, 0.4) is 0 Å². The van der Waals surface area contributed by atoms with Gasteiger partial charge in [-0.25, -0.2) is 4.68 Å². The van der Waals surface area contributed by atoms with Gasteiger partial charge in [0.15, 0.2) is 0 Å². The van der Waals surface area contributed by atoms with Crippen molar-refractivity contribution in [3.05, 3.63) is 28.0 Å². The minimum Gasteiger partial charge on any atom is -0.379 e. The number of amides is 1. The maximum absolute atomic E-state index is 12.2. The van der Waals surface area contributed by atoms with Crippen LogP contribution in [0.4, 0.5) is 0 Å². The van der Waals surface area contributed by atoms with E-state index in [0.717, 1.165) is 44.7 Å². The summed E-state index contributed by atoms with van der Waals surface area (Å²) in [7, 11) is 0. The summed E-state index contributed by atoms with van der Waals surface area (Å²) in [5.74, 6) is -0.183. The third-order valence-corrected chi connectivity index (χ3v) is 4.75. The summed E-state index contributed by atoms with van der Waals surface area (Å²) < 4.78 is 7.15. The Morgan fingerprint density at radius 2 is 2.22 bits per heavy atom. The van der Waals surface area contributed by atoms with Crippen LogP contribution in [0.2, 0.25) is 0 Å². The maximum atomic E-state index is 12.2. The number of rotatable bonds is 6. The van der Waals surface area contributed by atoms with Crippen LogP contribution in [0.1, 0.15) is 6.42 Å². The zero-order valence-corrected chi connectivity index (χ0v) is 13.7. The lowest BCUT2D eigenvalue weighted by atomic mass is 10.3. The first-order chi connectivity index (χ1) is 11.2. The van der Waals surface area contributed by atoms with Gasteiger partial charge in [-0.3, -0.25) is 14.5 Å². The van der Waals surface area contributed by atoms with Gasteiger partial charge in [-0.1, -0.05) is 0 Å². The normalized spacial score (nSPS) is 15.8. The van der Waals surface area contributed by atoms with Crippen molar-refractivity contribution >= 4 is 27.3 Å². The highest BCUT2D eigenvalue weighted by Crippen LogP contribution is 2.14. The van der Waals surface area contributed by atoms with Crippen molar-refractivity contribution < 1.29 is 9.53 Å². The number of carbonyl (C=O) groups excluding carboxylic acids is 1. The predicted molar refractivity (Wildman–Crippen MR) is 88.8 cm³/mol. The molecule has 7 nitrogen and oxygen atoms in total. The van der Waals surface area contributed by atoms with Crippen molar-refractivity contribution in [2.45, 2.75) is 13.0 Å². The number of carbonyl (C=O) groups is 1. The van der Waals surface area contributed by atoms with Gasteiger partial charge in [0.2, 0.25) is 5.91 Å². The van der Waals surface area contributed by atoms with Gasteiger partial charge in [-0.15, -0.1) is 11.3 Å². The number of hydrogen-bond acceptors (Lipinski definition) is 6. The summed E-state index contributed by atoms with van der Waals surface area (Å²) in [4.78, 5) is 26.4. The highest BCUT2D eigenvalue weighted by Gasteiger charge is 2.11. The second kappa shape index (κ2) is 7.67. The molecular formula is C15H20N4O3S. The molecule has 0 unspecified atom stereocenters. The van der Waals surface area contributed by atoms with Crippen LogP contribution in [-0.4, -0.2) is 60.0 Å². The molecule has 0 bridgehead atoms. The molecule has 2 aromatic rings. The molecule has 1 amide bonds. The van der Waals surface area contributed by atoms with Crippen molar-refractivity contribution in [1.82, 2.24) is 20.0 Å². The Labute approximate surface area is 137 Å². The van der Waals surface area contributed by atoms with E-state index in [9.17, 15) is 9.59 Å². The van der Waals surface area contributed by atoms with Gasteiger partial charge in [-0.2, -0.15) is 5.10 Å². The molecule has 1 N–H and O–H groups in total. The summed E-state index contributed by atoms with van der Waals surface area (Å²) in [6.45, 7) is 4.99. The summed E-state index contributed by atoms with van der Waals surface area (Å²) in [6, 6.07) is 1.85. The molecule has 1 aliphatic rings. The van der Waals surface area contributed by atoms with Gasteiger partial charge in [-0.05, 0) is 24.4 Å². The first-order valence-electron chi connectivity index (χ1n) is 7.74. The molecular weight excluding hydrogens is 316 g/mol. The molecule has 0 aliphatic carbocycles. The van der Waals surface area contributed by atoms with Gasteiger partial charge < -0.3 is 10.1 Å². The van der Waals surface area contributed by atoms with E-state index in [-0.39, 0.29) is 18.0 Å². The van der Waals surface area contributed by atoms with Gasteiger partial charge in [0, 0.05) is 25.0 Å². The van der Waals surface area contributed by atoms with E-state index < -0.39 is 0 Å². The fourth-order valence-corrected chi connectivity index (χ4v) is 3.37. The quantitative estimate of drug-likeness (QED) is 0.768.